The van der Waals surface area contributed by atoms with E-state index in [-0.39, 0.29) is 0 Å². The highest BCUT2D eigenvalue weighted by molar-refractivity contribution is 5.78. The number of hydrogen-bond acceptors (Lipinski definition) is 2. The van der Waals surface area contributed by atoms with E-state index in [0.717, 1.165) is 18.0 Å². The standard InChI is InChI=1S/C17H25N3/c1-17(2,3)15-6-8-20(9-7-15)12-13-4-5-14-11-18-19-16(14)10-13/h4-5,10-11,15H,6-9,12H2,1-3H3,(H,18,19). The molecule has 0 aliphatic carbocycles. The summed E-state index contributed by atoms with van der Waals surface area (Å²) in [5, 5.41) is 8.34. The van der Waals surface area contributed by atoms with Crippen LogP contribution in [-0.2, 0) is 6.54 Å². The van der Waals surface area contributed by atoms with Gasteiger partial charge >= 0.3 is 0 Å². The first-order chi connectivity index (χ1) is 9.52. The minimum absolute atomic E-state index is 0.459. The lowest BCUT2D eigenvalue weighted by Crippen LogP contribution is -2.37. The molecular weight excluding hydrogens is 246 g/mol. The molecule has 0 atom stereocenters. The molecule has 0 radical (unpaired) electrons. The molecule has 0 amide bonds. The highest BCUT2D eigenvalue weighted by atomic mass is 15.1. The van der Waals surface area contributed by atoms with Crippen LogP contribution in [0.15, 0.2) is 24.4 Å². The predicted octanol–water partition coefficient (Wildman–Crippen LogP) is 3.82. The largest absolute Gasteiger partial charge is 0.299 e. The molecule has 1 aliphatic rings. The number of fused-ring (bicyclic) bond motifs is 1. The molecule has 1 fully saturated rings. The Morgan fingerprint density at radius 3 is 2.70 bits per heavy atom. The number of nitrogens with zero attached hydrogens (tertiary/aromatic N) is 2. The SMILES string of the molecule is CC(C)(C)C1CCN(Cc2ccc3cn[nH]c3c2)CC1. The third-order valence-electron chi connectivity index (χ3n) is 4.72. The van der Waals surface area contributed by atoms with Gasteiger partial charge in [0, 0.05) is 11.9 Å². The molecule has 3 heteroatoms. The summed E-state index contributed by atoms with van der Waals surface area (Å²) in [5.41, 5.74) is 2.99. The second-order valence-corrected chi connectivity index (χ2v) is 7.21. The maximum Gasteiger partial charge on any atom is 0.0653 e. The van der Waals surface area contributed by atoms with E-state index in [1.807, 2.05) is 6.20 Å². The normalized spacial score (nSPS) is 18.8. The van der Waals surface area contributed by atoms with E-state index < -0.39 is 0 Å². The maximum absolute atomic E-state index is 4.09. The van der Waals surface area contributed by atoms with Gasteiger partial charge in [-0.3, -0.25) is 10.00 Å². The summed E-state index contributed by atoms with van der Waals surface area (Å²) in [5.74, 6) is 0.869. The summed E-state index contributed by atoms with van der Waals surface area (Å²) < 4.78 is 0. The monoisotopic (exact) mass is 271 g/mol. The molecule has 0 saturated carbocycles. The molecule has 1 saturated heterocycles. The fourth-order valence-electron chi connectivity index (χ4n) is 3.30. The zero-order chi connectivity index (χ0) is 14.2. The molecule has 2 heterocycles. The quantitative estimate of drug-likeness (QED) is 0.900. The van der Waals surface area contributed by atoms with Crippen LogP contribution in [-0.4, -0.2) is 28.2 Å². The van der Waals surface area contributed by atoms with Gasteiger partial charge in [-0.1, -0.05) is 32.9 Å². The minimum Gasteiger partial charge on any atom is -0.299 e. The molecule has 0 spiro atoms. The Labute approximate surface area is 121 Å². The first-order valence-corrected chi connectivity index (χ1v) is 7.67. The van der Waals surface area contributed by atoms with Gasteiger partial charge in [-0.15, -0.1) is 0 Å². The van der Waals surface area contributed by atoms with Crippen molar-refractivity contribution in [1.82, 2.24) is 15.1 Å². The third kappa shape index (κ3) is 2.88. The first-order valence-electron chi connectivity index (χ1n) is 7.67. The van der Waals surface area contributed by atoms with Crippen molar-refractivity contribution < 1.29 is 0 Å². The molecule has 2 aromatic rings. The molecule has 1 aromatic heterocycles. The van der Waals surface area contributed by atoms with Gasteiger partial charge in [0.25, 0.3) is 0 Å². The fraction of sp³-hybridized carbons (Fsp3) is 0.588. The predicted molar refractivity (Wildman–Crippen MR) is 83.5 cm³/mol. The summed E-state index contributed by atoms with van der Waals surface area (Å²) in [4.78, 5) is 2.58. The fourth-order valence-corrected chi connectivity index (χ4v) is 3.30. The molecule has 108 valence electrons. The van der Waals surface area contributed by atoms with Crippen molar-refractivity contribution in [2.75, 3.05) is 13.1 Å². The van der Waals surface area contributed by atoms with Crippen molar-refractivity contribution in [2.45, 2.75) is 40.2 Å². The van der Waals surface area contributed by atoms with E-state index in [2.05, 4.69) is 54.1 Å². The highest BCUT2D eigenvalue weighted by Crippen LogP contribution is 2.34. The number of H-pyrrole nitrogens is 1. The van der Waals surface area contributed by atoms with Crippen molar-refractivity contribution in [3.63, 3.8) is 0 Å². The Hall–Kier alpha value is -1.35. The topological polar surface area (TPSA) is 31.9 Å². The van der Waals surface area contributed by atoms with Crippen LogP contribution in [0.4, 0.5) is 0 Å². The van der Waals surface area contributed by atoms with E-state index in [1.165, 1.54) is 36.9 Å². The lowest BCUT2D eigenvalue weighted by Gasteiger charge is -2.38. The molecule has 3 nitrogen and oxygen atoms in total. The summed E-state index contributed by atoms with van der Waals surface area (Å²) in [6.45, 7) is 10.6. The summed E-state index contributed by atoms with van der Waals surface area (Å²) in [6, 6.07) is 6.63. The Kier molecular flexibility index (Phi) is 3.55. The number of hydrogen-bond donors (Lipinski definition) is 1. The summed E-state index contributed by atoms with van der Waals surface area (Å²) in [7, 11) is 0. The minimum atomic E-state index is 0.459. The van der Waals surface area contributed by atoms with Crippen LogP contribution in [0.1, 0.15) is 39.2 Å². The van der Waals surface area contributed by atoms with Crippen molar-refractivity contribution in [1.29, 1.82) is 0 Å². The van der Waals surface area contributed by atoms with Crippen LogP contribution in [0.25, 0.3) is 10.9 Å². The molecule has 0 bridgehead atoms. The molecule has 1 aromatic carbocycles. The molecule has 3 rings (SSSR count). The van der Waals surface area contributed by atoms with Crippen LogP contribution >= 0.6 is 0 Å². The molecule has 0 unspecified atom stereocenters. The lowest BCUT2D eigenvalue weighted by atomic mass is 9.75. The third-order valence-corrected chi connectivity index (χ3v) is 4.72. The van der Waals surface area contributed by atoms with Crippen LogP contribution < -0.4 is 0 Å². The van der Waals surface area contributed by atoms with E-state index in [4.69, 9.17) is 0 Å². The number of aromatic amines is 1. The molecule has 1 aliphatic heterocycles. The average Bonchev–Trinajstić information content (AvgIpc) is 2.86. The van der Waals surface area contributed by atoms with E-state index in [1.54, 1.807) is 0 Å². The average molecular weight is 271 g/mol. The summed E-state index contributed by atoms with van der Waals surface area (Å²) in [6.07, 6.45) is 4.54. The van der Waals surface area contributed by atoms with Crippen molar-refractivity contribution in [3.8, 4) is 0 Å². The number of aromatic nitrogens is 2. The van der Waals surface area contributed by atoms with Crippen LogP contribution in [0, 0.1) is 11.3 Å². The van der Waals surface area contributed by atoms with Gasteiger partial charge in [-0.2, -0.15) is 5.10 Å². The van der Waals surface area contributed by atoms with Gasteiger partial charge < -0.3 is 0 Å². The first kappa shape index (κ1) is 13.6. The smallest absolute Gasteiger partial charge is 0.0653 e. The van der Waals surface area contributed by atoms with Crippen LogP contribution in [0.2, 0.25) is 0 Å². The second-order valence-electron chi connectivity index (χ2n) is 7.21. The van der Waals surface area contributed by atoms with Crippen molar-refractivity contribution >= 4 is 10.9 Å². The highest BCUT2D eigenvalue weighted by Gasteiger charge is 2.28. The van der Waals surface area contributed by atoms with Gasteiger partial charge in [0.15, 0.2) is 0 Å². The Morgan fingerprint density at radius 1 is 1.25 bits per heavy atom. The number of piperidine rings is 1. The van der Waals surface area contributed by atoms with E-state index in [9.17, 15) is 0 Å². The van der Waals surface area contributed by atoms with Crippen LogP contribution in [0.5, 0.6) is 0 Å². The van der Waals surface area contributed by atoms with Crippen molar-refractivity contribution in [3.05, 3.63) is 30.0 Å². The van der Waals surface area contributed by atoms with Gasteiger partial charge in [-0.25, -0.2) is 0 Å². The van der Waals surface area contributed by atoms with Crippen LogP contribution in [0.3, 0.4) is 0 Å². The van der Waals surface area contributed by atoms with Gasteiger partial charge in [0.05, 0.1) is 11.7 Å². The number of benzene rings is 1. The number of nitrogens with one attached hydrogen (secondary N) is 1. The van der Waals surface area contributed by atoms with E-state index >= 15 is 0 Å². The molecule has 1 N–H and O–H groups in total. The Bertz CT molecular complexity index is 571. The maximum atomic E-state index is 4.09. The molecular formula is C17H25N3. The number of likely N-dealkylation sites (tertiary alicyclic amines) is 1. The Morgan fingerprint density at radius 2 is 2.00 bits per heavy atom. The van der Waals surface area contributed by atoms with Gasteiger partial charge in [0.1, 0.15) is 0 Å². The van der Waals surface area contributed by atoms with Gasteiger partial charge in [-0.05, 0) is 48.9 Å². The van der Waals surface area contributed by atoms with Crippen molar-refractivity contribution in [2.24, 2.45) is 11.3 Å². The summed E-state index contributed by atoms with van der Waals surface area (Å²) >= 11 is 0. The zero-order valence-electron chi connectivity index (χ0n) is 12.8. The molecule has 20 heavy (non-hydrogen) atoms. The van der Waals surface area contributed by atoms with E-state index in [0.29, 0.717) is 5.41 Å². The number of rotatable bonds is 2. The zero-order valence-corrected chi connectivity index (χ0v) is 12.8. The second kappa shape index (κ2) is 5.21. The van der Waals surface area contributed by atoms with Gasteiger partial charge in [0.2, 0.25) is 0 Å². The lowest BCUT2D eigenvalue weighted by molar-refractivity contribution is 0.108. The Balaban J connectivity index is 1.62.